The van der Waals surface area contributed by atoms with Crippen molar-refractivity contribution in [3.05, 3.63) is 83.7 Å². The van der Waals surface area contributed by atoms with Gasteiger partial charge in [0.05, 0.1) is 31.5 Å². The van der Waals surface area contributed by atoms with Gasteiger partial charge in [0, 0.05) is 50.6 Å². The van der Waals surface area contributed by atoms with Gasteiger partial charge >= 0.3 is 12.2 Å². The highest BCUT2D eigenvalue weighted by atomic mass is 19.1. The van der Waals surface area contributed by atoms with Crippen molar-refractivity contribution in [3.8, 4) is 11.5 Å². The number of rotatable bonds is 19. The molecular formula is C45H60FN3O10. The number of ether oxygens (including phenoxy) is 5. The standard InChI is InChI=1S/C45H60FN3O10/c1-4-24-56-45-39(49(44(53)54-6-3)29-30-16-18-32(46)19-17-30)28-37(48-59-40-15-9-12-25-55-40)35-26-31(13-7-10-22-50)34(14-8-11-23-51)41(42(35)45)36-27-33(20-21-38(36)58-45)57-43(52)47-5-2/h4,16-21,26-27,31,34,39-42,50-51H,1,5-15,22-25,28-29H2,2-3H3,(H,47,52)/t31-,34+,39-,40?,41+,42+,45+/m0/s1. The van der Waals surface area contributed by atoms with Crippen molar-refractivity contribution in [2.75, 3.05) is 39.6 Å². The molecule has 2 aliphatic heterocycles. The number of amides is 2. The molecule has 2 aliphatic carbocycles. The normalized spacial score (nSPS) is 26.4. The number of hydrogen-bond acceptors (Lipinski definition) is 11. The Morgan fingerprint density at radius 3 is 2.54 bits per heavy atom. The number of allylic oxidation sites excluding steroid dienone is 1. The van der Waals surface area contributed by atoms with E-state index in [-0.39, 0.29) is 57.1 Å². The maximum Gasteiger partial charge on any atom is 0.412 e. The van der Waals surface area contributed by atoms with E-state index < -0.39 is 42.0 Å². The summed E-state index contributed by atoms with van der Waals surface area (Å²) in [6.07, 6.45) is 9.12. The SMILES string of the molecule is C=CCO[C@@]12Oc3ccc(OC(=O)NCC)cc3[C@H]3[C@H](CCCCO)[C@@H](CCCCO)C=C(C(=NOC4CCCCO4)C[C@@H]1N(Cc1ccc(F)cc1)C(=O)OCC)[C@H]32. The number of carbonyl (C=O) groups is 2. The van der Waals surface area contributed by atoms with Crippen LogP contribution >= 0.6 is 0 Å². The van der Waals surface area contributed by atoms with Gasteiger partial charge in [-0.25, -0.2) is 14.0 Å². The van der Waals surface area contributed by atoms with Crippen LogP contribution in [0.1, 0.15) is 95.1 Å². The van der Waals surface area contributed by atoms with Gasteiger partial charge in [0.15, 0.2) is 0 Å². The highest BCUT2D eigenvalue weighted by Crippen LogP contribution is 2.62. The van der Waals surface area contributed by atoms with E-state index in [1.54, 1.807) is 42.2 Å². The predicted octanol–water partition coefficient (Wildman–Crippen LogP) is 7.75. The van der Waals surface area contributed by atoms with E-state index in [0.717, 1.165) is 49.7 Å². The third-order valence-electron chi connectivity index (χ3n) is 11.7. The number of carbonyl (C=O) groups excluding carboxylic acids is 2. The fraction of sp³-hybridized carbons (Fsp3) is 0.578. The number of nitrogens with one attached hydrogen (secondary N) is 1. The molecule has 2 amide bonds. The molecular weight excluding hydrogens is 762 g/mol. The third kappa shape index (κ3) is 10.3. The molecule has 1 unspecified atom stereocenters. The zero-order chi connectivity index (χ0) is 41.8. The molecule has 2 fully saturated rings. The molecule has 1 saturated heterocycles. The second-order valence-corrected chi connectivity index (χ2v) is 15.5. The van der Waals surface area contributed by atoms with E-state index in [4.69, 9.17) is 33.7 Å². The number of aliphatic hydroxyl groups excluding tert-OH is 2. The van der Waals surface area contributed by atoms with Crippen molar-refractivity contribution >= 4 is 17.9 Å². The summed E-state index contributed by atoms with van der Waals surface area (Å²) in [4.78, 5) is 34.8. The van der Waals surface area contributed by atoms with Crippen LogP contribution in [-0.4, -0.2) is 90.7 Å². The van der Waals surface area contributed by atoms with Crippen molar-refractivity contribution in [2.45, 2.75) is 109 Å². The molecule has 3 N–H and O–H groups in total. The number of benzene rings is 2. The van der Waals surface area contributed by atoms with Gasteiger partial charge in [-0.05, 0) is 106 Å². The van der Waals surface area contributed by atoms with Crippen LogP contribution in [0.15, 0.2) is 71.9 Å². The maximum absolute atomic E-state index is 14.3. The van der Waals surface area contributed by atoms with Crippen LogP contribution in [0.2, 0.25) is 0 Å². The molecule has 0 radical (unpaired) electrons. The smallest absolute Gasteiger partial charge is 0.412 e. The summed E-state index contributed by atoms with van der Waals surface area (Å²) in [5.74, 6) is -2.08. The number of nitrogens with zero attached hydrogens (tertiary/aromatic N) is 2. The van der Waals surface area contributed by atoms with E-state index in [9.17, 15) is 24.2 Å². The van der Waals surface area contributed by atoms with Crippen LogP contribution in [0.3, 0.4) is 0 Å². The van der Waals surface area contributed by atoms with Gasteiger partial charge in [0.2, 0.25) is 12.1 Å². The molecule has 0 aromatic heterocycles. The zero-order valence-electron chi connectivity index (χ0n) is 34.3. The quantitative estimate of drug-likeness (QED) is 0.0727. The topological polar surface area (TPSA) is 158 Å². The van der Waals surface area contributed by atoms with Crippen LogP contribution in [-0.2, 0) is 25.6 Å². The Hall–Kier alpha value is -4.50. The molecule has 0 bridgehead atoms. The minimum atomic E-state index is -1.54. The van der Waals surface area contributed by atoms with Gasteiger partial charge in [0.25, 0.3) is 0 Å². The van der Waals surface area contributed by atoms with Gasteiger partial charge in [-0.1, -0.05) is 42.3 Å². The number of fused-ring (bicyclic) bond motifs is 2. The molecule has 2 aromatic rings. The monoisotopic (exact) mass is 821 g/mol. The Bertz CT molecular complexity index is 1780. The summed E-state index contributed by atoms with van der Waals surface area (Å²) >= 11 is 0. The molecule has 7 atom stereocenters. The Kier molecular flexibility index (Phi) is 15.8. The summed E-state index contributed by atoms with van der Waals surface area (Å²) < 4.78 is 45.9. The number of halogens is 1. The first-order valence-electron chi connectivity index (χ1n) is 21.3. The molecule has 14 heteroatoms. The number of oxime groups is 1. The zero-order valence-corrected chi connectivity index (χ0v) is 34.3. The molecule has 4 aliphatic rings. The lowest BCUT2D eigenvalue weighted by atomic mass is 9.55. The predicted molar refractivity (Wildman–Crippen MR) is 218 cm³/mol. The van der Waals surface area contributed by atoms with E-state index >= 15 is 0 Å². The fourth-order valence-electron chi connectivity index (χ4n) is 9.21. The lowest BCUT2D eigenvalue weighted by Gasteiger charge is -2.59. The number of unbranched alkanes of at least 4 members (excludes halogenated alkanes) is 2. The third-order valence-corrected chi connectivity index (χ3v) is 11.7. The molecule has 6 rings (SSSR count). The minimum Gasteiger partial charge on any atom is -0.459 e. The molecule has 1 saturated carbocycles. The Labute approximate surface area is 346 Å². The van der Waals surface area contributed by atoms with Gasteiger partial charge in [0.1, 0.15) is 23.4 Å². The van der Waals surface area contributed by atoms with E-state index in [2.05, 4.69) is 18.0 Å². The van der Waals surface area contributed by atoms with Crippen LogP contribution in [0.5, 0.6) is 11.5 Å². The summed E-state index contributed by atoms with van der Waals surface area (Å²) in [5.41, 5.74) is 2.93. The van der Waals surface area contributed by atoms with Crippen LogP contribution in [0.25, 0.3) is 0 Å². The minimum absolute atomic E-state index is 0.000525. The fourth-order valence-corrected chi connectivity index (χ4v) is 9.21. The highest BCUT2D eigenvalue weighted by Gasteiger charge is 2.65. The van der Waals surface area contributed by atoms with E-state index in [1.165, 1.54) is 12.1 Å². The second-order valence-electron chi connectivity index (χ2n) is 15.5. The lowest BCUT2D eigenvalue weighted by molar-refractivity contribution is -0.256. The van der Waals surface area contributed by atoms with Gasteiger partial charge < -0.3 is 44.1 Å². The molecule has 13 nitrogen and oxygen atoms in total. The van der Waals surface area contributed by atoms with Crippen LogP contribution in [0.4, 0.5) is 14.0 Å². The van der Waals surface area contributed by atoms with Crippen molar-refractivity contribution in [1.82, 2.24) is 10.2 Å². The molecule has 322 valence electrons. The largest absolute Gasteiger partial charge is 0.459 e. The van der Waals surface area contributed by atoms with Crippen molar-refractivity contribution < 1.29 is 52.7 Å². The van der Waals surface area contributed by atoms with Crippen molar-refractivity contribution in [2.24, 2.45) is 22.9 Å². The molecule has 2 aromatic carbocycles. The van der Waals surface area contributed by atoms with E-state index in [0.29, 0.717) is 55.2 Å². The molecule has 2 heterocycles. The lowest BCUT2D eigenvalue weighted by Crippen LogP contribution is -2.70. The van der Waals surface area contributed by atoms with Gasteiger partial charge in [-0.2, -0.15) is 0 Å². The first kappa shape index (κ1) is 44.1. The average molecular weight is 822 g/mol. The van der Waals surface area contributed by atoms with Crippen molar-refractivity contribution in [1.29, 1.82) is 0 Å². The van der Waals surface area contributed by atoms with Gasteiger partial charge in [-0.15, -0.1) is 6.58 Å². The maximum atomic E-state index is 14.3. The Balaban J connectivity index is 1.60. The first-order chi connectivity index (χ1) is 28.8. The van der Waals surface area contributed by atoms with Crippen molar-refractivity contribution in [3.63, 3.8) is 0 Å². The summed E-state index contributed by atoms with van der Waals surface area (Å²) in [6, 6.07) is 10.4. The molecule has 0 spiro atoms. The summed E-state index contributed by atoms with van der Waals surface area (Å²) in [6.45, 7) is 8.82. The summed E-state index contributed by atoms with van der Waals surface area (Å²) in [7, 11) is 0. The molecule has 59 heavy (non-hydrogen) atoms. The Morgan fingerprint density at radius 1 is 1.07 bits per heavy atom. The summed E-state index contributed by atoms with van der Waals surface area (Å²) in [5, 5.41) is 27.3. The average Bonchev–Trinajstić information content (AvgIpc) is 3.24. The highest BCUT2D eigenvalue weighted by molar-refractivity contribution is 6.03. The van der Waals surface area contributed by atoms with Gasteiger partial charge in [-0.3, -0.25) is 4.90 Å². The van der Waals surface area contributed by atoms with Crippen LogP contribution in [0, 0.1) is 23.6 Å². The number of hydrogen-bond donors (Lipinski definition) is 3. The Morgan fingerprint density at radius 2 is 1.85 bits per heavy atom. The first-order valence-corrected chi connectivity index (χ1v) is 21.3. The second kappa shape index (κ2) is 21.1. The van der Waals surface area contributed by atoms with Crippen LogP contribution < -0.4 is 14.8 Å². The van der Waals surface area contributed by atoms with E-state index in [1.807, 2.05) is 13.0 Å². The number of aliphatic hydroxyl groups is 2.